The molecule has 2 heterocycles. The van der Waals surface area contributed by atoms with Crippen LogP contribution in [0.3, 0.4) is 0 Å². The van der Waals surface area contributed by atoms with Gasteiger partial charge in [0.15, 0.2) is 6.54 Å². The summed E-state index contributed by atoms with van der Waals surface area (Å²) in [5.74, 6) is 0.270. The van der Waals surface area contributed by atoms with Crippen molar-refractivity contribution < 1.29 is 14.6 Å². The molecule has 0 unspecified atom stereocenters. The zero-order chi connectivity index (χ0) is 17.9. The highest BCUT2D eigenvalue weighted by molar-refractivity contribution is 6.30. The van der Waals surface area contributed by atoms with Crippen LogP contribution in [0, 0.1) is 0 Å². The minimum absolute atomic E-state index is 0.270. The molecule has 1 saturated heterocycles. The minimum atomic E-state index is 0.270. The van der Waals surface area contributed by atoms with E-state index in [1.807, 2.05) is 23.1 Å². The molecule has 136 valence electrons. The maximum Gasteiger partial charge on any atom is 0.282 e. The van der Waals surface area contributed by atoms with Gasteiger partial charge in [-0.3, -0.25) is 4.79 Å². The van der Waals surface area contributed by atoms with Gasteiger partial charge < -0.3 is 14.7 Å². The molecular formula is C21H26ClN3O+2. The number of rotatable bonds is 4. The Labute approximate surface area is 160 Å². The average molecular weight is 372 g/mol. The fourth-order valence-corrected chi connectivity index (χ4v) is 4.23. The van der Waals surface area contributed by atoms with Crippen molar-refractivity contribution in [3.63, 3.8) is 0 Å². The van der Waals surface area contributed by atoms with Crippen molar-refractivity contribution in [2.75, 3.05) is 44.2 Å². The highest BCUT2D eigenvalue weighted by atomic mass is 35.5. The van der Waals surface area contributed by atoms with Crippen LogP contribution in [0.5, 0.6) is 0 Å². The minimum Gasteiger partial charge on any atom is -0.322 e. The summed E-state index contributed by atoms with van der Waals surface area (Å²) in [7, 11) is 0. The number of benzene rings is 2. The number of quaternary nitrogens is 2. The average Bonchev–Trinajstić information content (AvgIpc) is 3.09. The number of para-hydroxylation sites is 1. The Morgan fingerprint density at radius 2 is 1.65 bits per heavy atom. The molecule has 0 bridgehead atoms. The summed E-state index contributed by atoms with van der Waals surface area (Å²) < 4.78 is 0. The van der Waals surface area contributed by atoms with Gasteiger partial charge in [0.2, 0.25) is 0 Å². The second-order valence-corrected chi connectivity index (χ2v) is 7.84. The lowest BCUT2D eigenvalue weighted by atomic mass is 10.2. The van der Waals surface area contributed by atoms with Crippen molar-refractivity contribution in [3.05, 3.63) is 64.7 Å². The SMILES string of the molecule is O=C(C[NH+]1CC[NH+](Cc2ccc(Cl)cc2)CC1)N1CCc2ccccc21. The maximum absolute atomic E-state index is 12.8. The van der Waals surface area contributed by atoms with Crippen molar-refractivity contribution in [2.45, 2.75) is 13.0 Å². The zero-order valence-electron chi connectivity index (χ0n) is 15.0. The van der Waals surface area contributed by atoms with Crippen molar-refractivity contribution in [1.29, 1.82) is 0 Å². The van der Waals surface area contributed by atoms with Crippen LogP contribution >= 0.6 is 11.6 Å². The van der Waals surface area contributed by atoms with E-state index in [2.05, 4.69) is 30.3 Å². The first-order valence-electron chi connectivity index (χ1n) is 9.49. The number of piperazine rings is 1. The molecule has 0 atom stereocenters. The largest absolute Gasteiger partial charge is 0.322 e. The van der Waals surface area contributed by atoms with Crippen molar-refractivity contribution in [1.82, 2.24) is 0 Å². The summed E-state index contributed by atoms with van der Waals surface area (Å²) in [6, 6.07) is 16.4. The Morgan fingerprint density at radius 3 is 2.42 bits per heavy atom. The molecule has 2 aliphatic rings. The molecule has 2 aromatic carbocycles. The molecule has 0 aliphatic carbocycles. The van der Waals surface area contributed by atoms with Gasteiger partial charge in [-0.2, -0.15) is 0 Å². The Hall–Kier alpha value is -1.88. The van der Waals surface area contributed by atoms with Crippen LogP contribution in [0.4, 0.5) is 5.69 Å². The molecule has 0 spiro atoms. The van der Waals surface area contributed by atoms with E-state index < -0.39 is 0 Å². The molecule has 1 fully saturated rings. The number of fused-ring (bicyclic) bond motifs is 1. The molecule has 2 aromatic rings. The fraction of sp³-hybridized carbons (Fsp3) is 0.381. The van der Waals surface area contributed by atoms with E-state index in [-0.39, 0.29) is 5.91 Å². The first-order valence-corrected chi connectivity index (χ1v) is 9.87. The molecular weight excluding hydrogens is 346 g/mol. The monoisotopic (exact) mass is 371 g/mol. The summed E-state index contributed by atoms with van der Waals surface area (Å²) >= 11 is 5.96. The van der Waals surface area contributed by atoms with Crippen LogP contribution in [-0.2, 0) is 17.8 Å². The normalized spacial score (nSPS) is 22.3. The van der Waals surface area contributed by atoms with Crippen LogP contribution in [-0.4, -0.2) is 45.2 Å². The smallest absolute Gasteiger partial charge is 0.282 e. The van der Waals surface area contributed by atoms with Gasteiger partial charge in [0, 0.05) is 22.8 Å². The maximum atomic E-state index is 12.8. The van der Waals surface area contributed by atoms with Gasteiger partial charge in [-0.1, -0.05) is 41.9 Å². The summed E-state index contributed by atoms with van der Waals surface area (Å²) in [6.45, 7) is 6.83. The van der Waals surface area contributed by atoms with Gasteiger partial charge in [-0.25, -0.2) is 0 Å². The Balaban J connectivity index is 1.27. The van der Waals surface area contributed by atoms with Crippen LogP contribution in [0.1, 0.15) is 11.1 Å². The van der Waals surface area contributed by atoms with E-state index in [9.17, 15) is 4.79 Å². The number of hydrogen-bond acceptors (Lipinski definition) is 1. The Kier molecular flexibility index (Phi) is 5.25. The second kappa shape index (κ2) is 7.78. The third-order valence-electron chi connectivity index (χ3n) is 5.62. The molecule has 26 heavy (non-hydrogen) atoms. The first kappa shape index (κ1) is 17.5. The van der Waals surface area contributed by atoms with Crippen molar-refractivity contribution >= 4 is 23.2 Å². The van der Waals surface area contributed by atoms with Gasteiger partial charge in [0.25, 0.3) is 5.91 Å². The van der Waals surface area contributed by atoms with E-state index in [0.29, 0.717) is 6.54 Å². The van der Waals surface area contributed by atoms with E-state index >= 15 is 0 Å². The number of anilines is 1. The van der Waals surface area contributed by atoms with Crippen LogP contribution in [0.2, 0.25) is 5.02 Å². The lowest BCUT2D eigenvalue weighted by Crippen LogP contribution is -3.28. The summed E-state index contributed by atoms with van der Waals surface area (Å²) in [4.78, 5) is 17.8. The van der Waals surface area contributed by atoms with Crippen LogP contribution in [0.25, 0.3) is 0 Å². The van der Waals surface area contributed by atoms with E-state index in [4.69, 9.17) is 11.6 Å². The molecule has 4 nitrogen and oxygen atoms in total. The third kappa shape index (κ3) is 3.93. The van der Waals surface area contributed by atoms with Gasteiger partial charge in [-0.05, 0) is 30.2 Å². The fourth-order valence-electron chi connectivity index (χ4n) is 4.11. The molecule has 0 saturated carbocycles. The predicted octanol–water partition coefficient (Wildman–Crippen LogP) is 0.213. The second-order valence-electron chi connectivity index (χ2n) is 7.40. The Morgan fingerprint density at radius 1 is 0.962 bits per heavy atom. The number of carbonyl (C=O) groups excluding carboxylic acids is 1. The first-order chi connectivity index (χ1) is 12.7. The number of hydrogen-bond donors (Lipinski definition) is 2. The van der Waals surface area contributed by atoms with Gasteiger partial charge in [0.05, 0.1) is 0 Å². The van der Waals surface area contributed by atoms with Gasteiger partial charge in [-0.15, -0.1) is 0 Å². The van der Waals surface area contributed by atoms with E-state index in [1.54, 1.807) is 4.90 Å². The predicted molar refractivity (Wildman–Crippen MR) is 104 cm³/mol. The number of nitrogens with one attached hydrogen (secondary N) is 2. The number of carbonyl (C=O) groups is 1. The Bertz CT molecular complexity index is 769. The van der Waals surface area contributed by atoms with Crippen LogP contribution < -0.4 is 14.7 Å². The molecule has 5 heteroatoms. The topological polar surface area (TPSA) is 29.2 Å². The number of nitrogens with zero attached hydrogens (tertiary/aromatic N) is 1. The number of amides is 1. The van der Waals surface area contributed by atoms with Gasteiger partial charge >= 0.3 is 0 Å². The molecule has 2 aliphatic heterocycles. The lowest BCUT2D eigenvalue weighted by molar-refractivity contribution is -1.02. The van der Waals surface area contributed by atoms with Crippen LogP contribution in [0.15, 0.2) is 48.5 Å². The molecule has 0 aromatic heterocycles. The van der Waals surface area contributed by atoms with Crippen molar-refractivity contribution in [3.8, 4) is 0 Å². The summed E-state index contributed by atoms with van der Waals surface area (Å²) in [5, 5.41) is 0.792. The molecule has 1 amide bonds. The quantitative estimate of drug-likeness (QED) is 0.790. The summed E-state index contributed by atoms with van der Waals surface area (Å²) in [6.07, 6.45) is 0.982. The highest BCUT2D eigenvalue weighted by Gasteiger charge is 2.30. The van der Waals surface area contributed by atoms with Gasteiger partial charge in [0.1, 0.15) is 32.7 Å². The highest BCUT2D eigenvalue weighted by Crippen LogP contribution is 2.26. The van der Waals surface area contributed by atoms with E-state index in [0.717, 1.165) is 56.4 Å². The molecule has 4 rings (SSSR count). The molecule has 0 radical (unpaired) electrons. The molecule has 2 N–H and O–H groups in total. The zero-order valence-corrected chi connectivity index (χ0v) is 15.8. The van der Waals surface area contributed by atoms with E-state index in [1.165, 1.54) is 16.0 Å². The standard InChI is InChI=1S/C21H24ClN3O/c22-19-7-5-17(6-8-19)15-23-11-13-24(14-12-23)16-21(26)25-10-9-18-3-1-2-4-20(18)25/h1-8H,9-16H2/p+2. The van der Waals surface area contributed by atoms with Crippen molar-refractivity contribution in [2.24, 2.45) is 0 Å². The lowest BCUT2D eigenvalue weighted by Gasteiger charge is -2.30. The number of halogens is 1. The third-order valence-corrected chi connectivity index (χ3v) is 5.87. The summed E-state index contributed by atoms with van der Waals surface area (Å²) in [5.41, 5.74) is 3.74.